The van der Waals surface area contributed by atoms with Crippen LogP contribution >= 0.6 is 0 Å². The molecule has 3 atom stereocenters. The van der Waals surface area contributed by atoms with Gasteiger partial charge in [-0.3, -0.25) is 13.9 Å². The molecular weight excluding hydrogens is 358 g/mol. The molecule has 3 unspecified atom stereocenters. The second-order valence-corrected chi connectivity index (χ2v) is 7.32. The monoisotopic (exact) mass is 380 g/mol. The summed E-state index contributed by atoms with van der Waals surface area (Å²) in [5.41, 5.74) is 0.902. The standard InChI is InChI=1S/C18H22F2N4O3/c1-23-15-10(11-7-8-21-9-18(11,19)20)3-2-4-12(15)24(17(23)27)13-5-6-14(25)22-16(13)26/h2-4,11,13-14,21,25H,5-9H2,1H3,(H,22,26). The van der Waals surface area contributed by atoms with Gasteiger partial charge in [0.2, 0.25) is 5.91 Å². The van der Waals surface area contributed by atoms with Crippen LogP contribution in [0.5, 0.6) is 0 Å². The zero-order valence-corrected chi connectivity index (χ0v) is 14.9. The molecule has 4 rings (SSSR count). The van der Waals surface area contributed by atoms with Crippen molar-refractivity contribution >= 4 is 16.9 Å². The molecule has 2 aliphatic rings. The maximum atomic E-state index is 14.5. The fraction of sp³-hybridized carbons (Fsp3) is 0.556. The van der Waals surface area contributed by atoms with Crippen LogP contribution in [0.15, 0.2) is 23.0 Å². The Bertz CT molecular complexity index is 952. The lowest BCUT2D eigenvalue weighted by Crippen LogP contribution is -2.46. The Morgan fingerprint density at radius 2 is 2.00 bits per heavy atom. The molecule has 1 aromatic heterocycles. The number of carbonyl (C=O) groups is 1. The summed E-state index contributed by atoms with van der Waals surface area (Å²) in [5, 5.41) is 14.7. The second kappa shape index (κ2) is 6.42. The number of para-hydroxylation sites is 1. The van der Waals surface area contributed by atoms with Gasteiger partial charge >= 0.3 is 5.69 Å². The summed E-state index contributed by atoms with van der Waals surface area (Å²) in [6.07, 6.45) is -0.0319. The van der Waals surface area contributed by atoms with Crippen molar-refractivity contribution in [1.82, 2.24) is 19.8 Å². The van der Waals surface area contributed by atoms with E-state index in [1.54, 1.807) is 25.2 Å². The van der Waals surface area contributed by atoms with Gasteiger partial charge in [0.15, 0.2) is 0 Å². The van der Waals surface area contributed by atoms with Crippen molar-refractivity contribution in [2.24, 2.45) is 7.05 Å². The SMILES string of the molecule is Cn1c(=O)n(C2CCC(O)NC2=O)c2cccc(C3CCNCC3(F)F)c21. The Balaban J connectivity index is 1.88. The number of aryl methyl sites for hydroxylation is 1. The van der Waals surface area contributed by atoms with Crippen LogP contribution in [-0.4, -0.2) is 45.4 Å². The van der Waals surface area contributed by atoms with Crippen molar-refractivity contribution in [2.45, 2.75) is 43.4 Å². The van der Waals surface area contributed by atoms with Crippen molar-refractivity contribution in [3.8, 4) is 0 Å². The van der Waals surface area contributed by atoms with Gasteiger partial charge in [-0.05, 0) is 37.4 Å². The fourth-order valence-corrected chi connectivity index (χ4v) is 4.30. The summed E-state index contributed by atoms with van der Waals surface area (Å²) in [6.45, 7) is 0.0832. The molecule has 3 heterocycles. The second-order valence-electron chi connectivity index (χ2n) is 7.32. The van der Waals surface area contributed by atoms with Gasteiger partial charge in [-0.15, -0.1) is 0 Å². The summed E-state index contributed by atoms with van der Waals surface area (Å²) < 4.78 is 31.8. The third-order valence-corrected chi connectivity index (χ3v) is 5.63. The average Bonchev–Trinajstić information content (AvgIpc) is 2.86. The first-order valence-electron chi connectivity index (χ1n) is 9.08. The van der Waals surface area contributed by atoms with E-state index in [0.717, 1.165) is 0 Å². The minimum atomic E-state index is -2.92. The Hall–Kier alpha value is -2.26. The van der Waals surface area contributed by atoms with Gasteiger partial charge in [0.1, 0.15) is 12.3 Å². The van der Waals surface area contributed by atoms with Gasteiger partial charge < -0.3 is 15.7 Å². The lowest BCUT2D eigenvalue weighted by Gasteiger charge is -2.32. The molecule has 2 saturated heterocycles. The fourth-order valence-electron chi connectivity index (χ4n) is 4.30. The minimum Gasteiger partial charge on any atom is -0.374 e. The number of nitrogens with zero attached hydrogens (tertiary/aromatic N) is 2. The van der Waals surface area contributed by atoms with Crippen LogP contribution < -0.4 is 16.3 Å². The highest BCUT2D eigenvalue weighted by atomic mass is 19.3. The van der Waals surface area contributed by atoms with E-state index in [0.29, 0.717) is 36.0 Å². The number of imidazole rings is 1. The van der Waals surface area contributed by atoms with Crippen LogP contribution in [0.3, 0.4) is 0 Å². The summed E-state index contributed by atoms with van der Waals surface area (Å²) in [5.74, 6) is -4.36. The predicted octanol–water partition coefficient (Wildman–Crippen LogP) is 0.822. The van der Waals surface area contributed by atoms with E-state index in [-0.39, 0.29) is 6.42 Å². The number of hydrogen-bond donors (Lipinski definition) is 3. The number of benzene rings is 1. The van der Waals surface area contributed by atoms with Crippen molar-refractivity contribution in [2.75, 3.05) is 13.1 Å². The Morgan fingerprint density at radius 1 is 1.22 bits per heavy atom. The molecule has 0 bridgehead atoms. The summed E-state index contributed by atoms with van der Waals surface area (Å²) in [4.78, 5) is 25.2. The van der Waals surface area contributed by atoms with E-state index in [9.17, 15) is 23.5 Å². The van der Waals surface area contributed by atoms with Crippen LogP contribution in [-0.2, 0) is 11.8 Å². The number of amides is 1. The molecular formula is C18H22F2N4O3. The van der Waals surface area contributed by atoms with Crippen LogP contribution in [0.25, 0.3) is 11.0 Å². The molecule has 0 aliphatic carbocycles. The van der Waals surface area contributed by atoms with Crippen molar-refractivity contribution in [3.63, 3.8) is 0 Å². The van der Waals surface area contributed by atoms with Gasteiger partial charge in [0, 0.05) is 7.05 Å². The van der Waals surface area contributed by atoms with E-state index in [1.807, 2.05) is 0 Å². The molecule has 7 nitrogen and oxygen atoms in total. The molecule has 2 aliphatic heterocycles. The van der Waals surface area contributed by atoms with E-state index in [1.165, 1.54) is 9.13 Å². The van der Waals surface area contributed by atoms with Gasteiger partial charge in [-0.2, -0.15) is 0 Å². The van der Waals surface area contributed by atoms with E-state index in [4.69, 9.17) is 0 Å². The molecule has 146 valence electrons. The lowest BCUT2D eigenvalue weighted by molar-refractivity contribution is -0.130. The number of rotatable bonds is 2. The van der Waals surface area contributed by atoms with Gasteiger partial charge in [0.25, 0.3) is 5.92 Å². The Kier molecular flexibility index (Phi) is 4.31. The maximum absolute atomic E-state index is 14.5. The highest BCUT2D eigenvalue weighted by molar-refractivity contribution is 5.86. The number of aliphatic hydroxyl groups is 1. The molecule has 9 heteroatoms. The molecule has 0 spiro atoms. The minimum absolute atomic E-state index is 0.265. The number of aliphatic hydroxyl groups excluding tert-OH is 1. The highest BCUT2D eigenvalue weighted by Gasteiger charge is 2.44. The Labute approximate surface area is 154 Å². The smallest absolute Gasteiger partial charge is 0.329 e. The number of nitrogens with one attached hydrogen (secondary N) is 2. The first-order chi connectivity index (χ1) is 12.8. The first kappa shape index (κ1) is 18.1. The van der Waals surface area contributed by atoms with E-state index in [2.05, 4.69) is 10.6 Å². The third kappa shape index (κ3) is 2.85. The van der Waals surface area contributed by atoms with Crippen LogP contribution in [0.2, 0.25) is 0 Å². The zero-order valence-electron chi connectivity index (χ0n) is 14.9. The number of carbonyl (C=O) groups excluding carboxylic acids is 1. The normalized spacial score (nSPS) is 28.3. The highest BCUT2D eigenvalue weighted by Crippen LogP contribution is 2.40. The zero-order chi connectivity index (χ0) is 19.3. The number of hydrogen-bond acceptors (Lipinski definition) is 4. The molecule has 0 radical (unpaired) electrons. The number of piperidine rings is 2. The van der Waals surface area contributed by atoms with Crippen LogP contribution in [0, 0.1) is 0 Å². The number of halogens is 2. The molecule has 2 aromatic rings. The quantitative estimate of drug-likeness (QED) is 0.720. The topological polar surface area (TPSA) is 88.3 Å². The maximum Gasteiger partial charge on any atom is 0.329 e. The van der Waals surface area contributed by atoms with Crippen molar-refractivity contribution in [1.29, 1.82) is 0 Å². The third-order valence-electron chi connectivity index (χ3n) is 5.63. The van der Waals surface area contributed by atoms with Crippen molar-refractivity contribution < 1.29 is 18.7 Å². The number of alkyl halides is 2. The van der Waals surface area contributed by atoms with Crippen LogP contribution in [0.1, 0.15) is 36.8 Å². The predicted molar refractivity (Wildman–Crippen MR) is 94.8 cm³/mol. The van der Waals surface area contributed by atoms with Crippen molar-refractivity contribution in [3.05, 3.63) is 34.2 Å². The summed E-state index contributed by atoms with van der Waals surface area (Å²) in [7, 11) is 1.54. The Morgan fingerprint density at radius 3 is 2.70 bits per heavy atom. The molecule has 27 heavy (non-hydrogen) atoms. The van der Waals surface area contributed by atoms with Gasteiger partial charge in [-0.1, -0.05) is 12.1 Å². The van der Waals surface area contributed by atoms with Gasteiger partial charge in [-0.25, -0.2) is 13.6 Å². The van der Waals surface area contributed by atoms with Gasteiger partial charge in [0.05, 0.1) is 23.5 Å². The summed E-state index contributed by atoms with van der Waals surface area (Å²) in [6, 6.07) is 4.20. The number of aromatic nitrogens is 2. The first-order valence-corrected chi connectivity index (χ1v) is 9.08. The largest absolute Gasteiger partial charge is 0.374 e. The molecule has 2 fully saturated rings. The molecule has 1 amide bonds. The molecule has 0 saturated carbocycles. The molecule has 1 aromatic carbocycles. The van der Waals surface area contributed by atoms with Crippen LogP contribution in [0.4, 0.5) is 8.78 Å². The number of fused-ring (bicyclic) bond motifs is 1. The van der Waals surface area contributed by atoms with E-state index >= 15 is 0 Å². The molecule has 3 N–H and O–H groups in total. The summed E-state index contributed by atoms with van der Waals surface area (Å²) >= 11 is 0. The average molecular weight is 380 g/mol. The lowest BCUT2D eigenvalue weighted by atomic mass is 9.86. The van der Waals surface area contributed by atoms with E-state index < -0.39 is 42.3 Å².